The van der Waals surface area contributed by atoms with Crippen LogP contribution in [0, 0.1) is 12.7 Å². The van der Waals surface area contributed by atoms with Crippen molar-refractivity contribution in [2.75, 3.05) is 17.8 Å². The zero-order chi connectivity index (χ0) is 19.5. The van der Waals surface area contributed by atoms with E-state index < -0.39 is 25.9 Å². The molecule has 0 radical (unpaired) electrons. The Hall–Kier alpha value is -1.97. The minimum Gasteiger partial charge on any atom is -0.280 e. The van der Waals surface area contributed by atoms with Crippen LogP contribution in [0.3, 0.4) is 0 Å². The molecule has 0 aliphatic carbocycles. The Morgan fingerprint density at radius 1 is 0.962 bits per heavy atom. The van der Waals surface area contributed by atoms with Crippen LogP contribution in [0.15, 0.2) is 52.3 Å². The van der Waals surface area contributed by atoms with E-state index in [1.165, 1.54) is 41.6 Å². The molecule has 2 aromatic carbocycles. The lowest BCUT2D eigenvalue weighted by atomic mass is 10.2. The van der Waals surface area contributed by atoms with Gasteiger partial charge < -0.3 is 0 Å². The second kappa shape index (κ2) is 7.73. The molecule has 9 heteroatoms. The molecule has 0 atom stereocenters. The van der Waals surface area contributed by atoms with Gasteiger partial charge in [-0.25, -0.2) is 21.2 Å². The summed E-state index contributed by atoms with van der Waals surface area (Å²) in [6.45, 7) is 5.68. The highest BCUT2D eigenvalue weighted by atomic mass is 32.2. The molecule has 26 heavy (non-hydrogen) atoms. The van der Waals surface area contributed by atoms with Crippen LogP contribution in [0.2, 0.25) is 0 Å². The van der Waals surface area contributed by atoms with Crippen molar-refractivity contribution in [3.05, 3.63) is 53.8 Å². The average Bonchev–Trinajstić information content (AvgIpc) is 2.55. The third-order valence-electron chi connectivity index (χ3n) is 3.88. The van der Waals surface area contributed by atoms with Gasteiger partial charge in [0, 0.05) is 18.8 Å². The van der Waals surface area contributed by atoms with Crippen molar-refractivity contribution in [3.8, 4) is 0 Å². The maximum atomic E-state index is 13.2. The van der Waals surface area contributed by atoms with Gasteiger partial charge in [-0.05, 0) is 55.0 Å². The van der Waals surface area contributed by atoms with E-state index in [-0.39, 0.29) is 21.0 Å². The summed E-state index contributed by atoms with van der Waals surface area (Å²) >= 11 is 0. The van der Waals surface area contributed by atoms with Crippen molar-refractivity contribution in [1.82, 2.24) is 4.31 Å². The number of aryl methyl sites for hydroxylation is 1. The fraction of sp³-hybridized carbons (Fsp3) is 0.294. The minimum absolute atomic E-state index is 0.0428. The van der Waals surface area contributed by atoms with Crippen molar-refractivity contribution in [2.24, 2.45) is 0 Å². The Morgan fingerprint density at radius 3 is 2.04 bits per heavy atom. The van der Waals surface area contributed by atoms with Gasteiger partial charge in [-0.1, -0.05) is 13.8 Å². The smallest absolute Gasteiger partial charge is 0.262 e. The zero-order valence-corrected chi connectivity index (χ0v) is 16.4. The molecule has 1 N–H and O–H groups in total. The van der Waals surface area contributed by atoms with Crippen molar-refractivity contribution >= 4 is 25.7 Å². The van der Waals surface area contributed by atoms with Crippen molar-refractivity contribution < 1.29 is 21.2 Å². The van der Waals surface area contributed by atoms with Crippen molar-refractivity contribution in [3.63, 3.8) is 0 Å². The number of halogens is 1. The topological polar surface area (TPSA) is 83.6 Å². The van der Waals surface area contributed by atoms with Crippen LogP contribution >= 0.6 is 0 Å². The number of nitrogens with one attached hydrogen (secondary N) is 1. The SMILES string of the molecule is CCN(CC)S(=O)(=O)c1ccc(NS(=O)(=O)c2ccc(F)cc2C)cc1. The molecule has 2 aromatic rings. The molecule has 0 bridgehead atoms. The first-order valence-electron chi connectivity index (χ1n) is 8.01. The van der Waals surface area contributed by atoms with E-state index in [0.29, 0.717) is 13.1 Å². The van der Waals surface area contributed by atoms with Crippen molar-refractivity contribution in [1.29, 1.82) is 0 Å². The van der Waals surface area contributed by atoms with Gasteiger partial charge in [-0.2, -0.15) is 4.31 Å². The lowest BCUT2D eigenvalue weighted by molar-refractivity contribution is 0.445. The van der Waals surface area contributed by atoms with E-state index in [4.69, 9.17) is 0 Å². The Morgan fingerprint density at radius 2 is 1.54 bits per heavy atom. The number of hydrogen-bond donors (Lipinski definition) is 1. The molecular weight excluding hydrogens is 379 g/mol. The molecule has 0 aliphatic heterocycles. The van der Waals surface area contributed by atoms with Gasteiger partial charge in [0.25, 0.3) is 10.0 Å². The molecule has 0 aliphatic rings. The van der Waals surface area contributed by atoms with Crippen LogP contribution in [-0.2, 0) is 20.0 Å². The Labute approximate surface area is 153 Å². The van der Waals surface area contributed by atoms with Crippen LogP contribution in [0.5, 0.6) is 0 Å². The molecule has 2 rings (SSSR count). The fourth-order valence-electron chi connectivity index (χ4n) is 2.53. The molecule has 0 amide bonds. The van der Waals surface area contributed by atoms with Crippen LogP contribution in [0.4, 0.5) is 10.1 Å². The maximum Gasteiger partial charge on any atom is 0.262 e. The summed E-state index contributed by atoms with van der Waals surface area (Å²) in [4.78, 5) is 0.0425. The normalized spacial score (nSPS) is 12.3. The molecule has 6 nitrogen and oxygen atoms in total. The molecule has 0 saturated heterocycles. The van der Waals surface area contributed by atoms with Crippen LogP contribution in [-0.4, -0.2) is 34.2 Å². The van der Waals surface area contributed by atoms with Gasteiger partial charge in [-0.15, -0.1) is 0 Å². The number of anilines is 1. The summed E-state index contributed by atoms with van der Waals surface area (Å²) in [5.74, 6) is -0.521. The Kier molecular flexibility index (Phi) is 6.05. The lowest BCUT2D eigenvalue weighted by Gasteiger charge is -2.18. The third-order valence-corrected chi connectivity index (χ3v) is 7.48. The first kappa shape index (κ1) is 20.3. The molecule has 0 unspecified atom stereocenters. The standard InChI is InChI=1S/C17H21FN2O4S2/c1-4-20(5-2)26(23,24)16-9-7-15(8-10-16)19-25(21,22)17-11-6-14(18)12-13(17)3/h6-12,19H,4-5H2,1-3H3. The summed E-state index contributed by atoms with van der Waals surface area (Å²) in [5.41, 5.74) is 0.491. The van der Waals surface area contributed by atoms with E-state index in [9.17, 15) is 21.2 Å². The van der Waals surface area contributed by atoms with E-state index in [0.717, 1.165) is 12.1 Å². The second-order valence-electron chi connectivity index (χ2n) is 5.63. The molecule has 0 fully saturated rings. The van der Waals surface area contributed by atoms with Gasteiger partial charge in [-0.3, -0.25) is 4.72 Å². The predicted molar refractivity (Wildman–Crippen MR) is 98.5 cm³/mol. The van der Waals surface area contributed by atoms with Crippen LogP contribution < -0.4 is 4.72 Å². The second-order valence-corrected chi connectivity index (χ2v) is 9.22. The first-order valence-corrected chi connectivity index (χ1v) is 10.9. The Balaban J connectivity index is 2.29. The number of benzene rings is 2. The molecule has 0 saturated carbocycles. The van der Waals surface area contributed by atoms with Gasteiger partial charge >= 0.3 is 0 Å². The fourth-order valence-corrected chi connectivity index (χ4v) is 5.28. The van der Waals surface area contributed by atoms with E-state index >= 15 is 0 Å². The number of hydrogen-bond acceptors (Lipinski definition) is 4. The quantitative estimate of drug-likeness (QED) is 0.774. The van der Waals surface area contributed by atoms with E-state index in [1.54, 1.807) is 13.8 Å². The molecular formula is C17H21FN2O4S2. The zero-order valence-electron chi connectivity index (χ0n) is 14.7. The highest BCUT2D eigenvalue weighted by Gasteiger charge is 2.22. The number of sulfonamides is 2. The summed E-state index contributed by atoms with van der Waals surface area (Å²) < 4.78 is 66.6. The predicted octanol–water partition coefficient (Wildman–Crippen LogP) is 2.97. The minimum atomic E-state index is -3.91. The molecule has 0 heterocycles. The van der Waals surface area contributed by atoms with Crippen LogP contribution in [0.1, 0.15) is 19.4 Å². The third kappa shape index (κ3) is 4.22. The maximum absolute atomic E-state index is 13.2. The van der Waals surface area contributed by atoms with E-state index in [2.05, 4.69) is 4.72 Å². The van der Waals surface area contributed by atoms with E-state index in [1.807, 2.05) is 0 Å². The monoisotopic (exact) mass is 400 g/mol. The van der Waals surface area contributed by atoms with Crippen LogP contribution in [0.25, 0.3) is 0 Å². The number of rotatable bonds is 7. The van der Waals surface area contributed by atoms with Gasteiger partial charge in [0.2, 0.25) is 10.0 Å². The first-order chi connectivity index (χ1) is 12.1. The number of nitrogens with zero attached hydrogens (tertiary/aromatic N) is 1. The highest BCUT2D eigenvalue weighted by Crippen LogP contribution is 2.22. The van der Waals surface area contributed by atoms with Gasteiger partial charge in [0.05, 0.1) is 9.79 Å². The molecule has 142 valence electrons. The largest absolute Gasteiger partial charge is 0.280 e. The average molecular weight is 400 g/mol. The summed E-state index contributed by atoms with van der Waals surface area (Å²) in [6.07, 6.45) is 0. The van der Waals surface area contributed by atoms with Gasteiger partial charge in [0.1, 0.15) is 5.82 Å². The summed E-state index contributed by atoms with van der Waals surface area (Å²) in [7, 11) is -7.52. The lowest BCUT2D eigenvalue weighted by Crippen LogP contribution is -2.30. The molecule has 0 spiro atoms. The summed E-state index contributed by atoms with van der Waals surface area (Å²) in [5, 5.41) is 0. The summed E-state index contributed by atoms with van der Waals surface area (Å²) in [6, 6.07) is 8.85. The van der Waals surface area contributed by atoms with Gasteiger partial charge in [0.15, 0.2) is 0 Å². The van der Waals surface area contributed by atoms with Crippen molar-refractivity contribution in [2.45, 2.75) is 30.6 Å². The highest BCUT2D eigenvalue weighted by molar-refractivity contribution is 7.92. The Bertz CT molecular complexity index is 984. The molecule has 0 aromatic heterocycles.